The summed E-state index contributed by atoms with van der Waals surface area (Å²) in [4.78, 5) is 0. The third-order valence-corrected chi connectivity index (χ3v) is 6.93. The van der Waals surface area contributed by atoms with Crippen LogP contribution in [0.5, 0.6) is 0 Å². The van der Waals surface area contributed by atoms with E-state index in [1.165, 1.54) is 122 Å². The lowest BCUT2D eigenvalue weighted by Gasteiger charge is -2.15. The Morgan fingerprint density at radius 1 is 0.560 bits per heavy atom. The molecule has 0 aromatic carbocycles. The van der Waals surface area contributed by atoms with Gasteiger partial charge in [0.05, 0.1) is 0 Å². The molecule has 0 heterocycles. The third kappa shape index (κ3) is 20.3. The topological polar surface area (TPSA) is 9.23 Å². The van der Waals surface area contributed by atoms with Gasteiger partial charge in [0.25, 0.3) is 0 Å². The van der Waals surface area contributed by atoms with Crippen molar-refractivity contribution in [2.24, 2.45) is 0 Å². The lowest BCUT2D eigenvalue weighted by Crippen LogP contribution is -2.14. The maximum Gasteiger partial charge on any atom is 0.161 e. The van der Waals surface area contributed by atoms with Crippen molar-refractivity contribution in [3.63, 3.8) is 0 Å². The van der Waals surface area contributed by atoms with Gasteiger partial charge in [-0.25, -0.2) is 0 Å². The first-order valence-corrected chi connectivity index (χ1v) is 13.5. The SMILES string of the molecule is CCCCCCCCCCCCCCCC[SiH2]OC(CC)CCCC. The van der Waals surface area contributed by atoms with E-state index < -0.39 is 0 Å². The van der Waals surface area contributed by atoms with E-state index in [-0.39, 0.29) is 9.76 Å². The van der Waals surface area contributed by atoms with Crippen LogP contribution in [-0.2, 0) is 4.43 Å². The lowest BCUT2D eigenvalue weighted by molar-refractivity contribution is 0.192. The van der Waals surface area contributed by atoms with Crippen LogP contribution in [0.15, 0.2) is 0 Å². The van der Waals surface area contributed by atoms with E-state index in [0.29, 0.717) is 6.10 Å². The van der Waals surface area contributed by atoms with Crippen molar-refractivity contribution in [1.29, 1.82) is 0 Å². The van der Waals surface area contributed by atoms with Crippen LogP contribution in [0.2, 0.25) is 6.04 Å². The number of hydrogen-bond acceptors (Lipinski definition) is 1. The van der Waals surface area contributed by atoms with Gasteiger partial charge in [-0.1, -0.05) is 124 Å². The first-order chi connectivity index (χ1) is 12.3. The molecule has 0 N–H and O–H groups in total. The van der Waals surface area contributed by atoms with Crippen LogP contribution < -0.4 is 0 Å². The van der Waals surface area contributed by atoms with Gasteiger partial charge in [0.15, 0.2) is 9.76 Å². The summed E-state index contributed by atoms with van der Waals surface area (Å²) in [6.45, 7) is 6.85. The highest BCUT2D eigenvalue weighted by Crippen LogP contribution is 2.14. The Balaban J connectivity index is 3.11. The summed E-state index contributed by atoms with van der Waals surface area (Å²) in [5.41, 5.74) is 0. The Hall–Kier alpha value is 0.177. The van der Waals surface area contributed by atoms with E-state index >= 15 is 0 Å². The molecule has 0 aliphatic carbocycles. The zero-order valence-corrected chi connectivity index (χ0v) is 19.5. The molecule has 0 saturated carbocycles. The molecule has 0 fully saturated rings. The van der Waals surface area contributed by atoms with Crippen molar-refractivity contribution in [1.82, 2.24) is 0 Å². The Labute approximate surface area is 163 Å². The van der Waals surface area contributed by atoms with Crippen molar-refractivity contribution in [3.05, 3.63) is 0 Å². The van der Waals surface area contributed by atoms with Crippen molar-refractivity contribution < 1.29 is 4.43 Å². The molecule has 2 heteroatoms. The van der Waals surface area contributed by atoms with Crippen molar-refractivity contribution in [3.8, 4) is 0 Å². The predicted molar refractivity (Wildman–Crippen MR) is 118 cm³/mol. The summed E-state index contributed by atoms with van der Waals surface area (Å²) in [5.74, 6) is 0. The summed E-state index contributed by atoms with van der Waals surface area (Å²) >= 11 is 0. The van der Waals surface area contributed by atoms with Crippen molar-refractivity contribution in [2.75, 3.05) is 0 Å². The molecule has 25 heavy (non-hydrogen) atoms. The summed E-state index contributed by atoms with van der Waals surface area (Å²) in [6.07, 6.45) is 26.1. The maximum atomic E-state index is 6.15. The normalized spacial score (nSPS) is 13.1. The summed E-state index contributed by atoms with van der Waals surface area (Å²) in [6, 6.07) is 1.40. The molecule has 0 aromatic rings. The van der Waals surface area contributed by atoms with Gasteiger partial charge in [0, 0.05) is 6.10 Å². The fourth-order valence-corrected chi connectivity index (χ4v) is 5.02. The Morgan fingerprint density at radius 2 is 1.00 bits per heavy atom. The van der Waals surface area contributed by atoms with Gasteiger partial charge in [0.2, 0.25) is 0 Å². The largest absolute Gasteiger partial charge is 0.421 e. The van der Waals surface area contributed by atoms with Crippen LogP contribution in [0.1, 0.15) is 136 Å². The molecule has 0 rings (SSSR count). The van der Waals surface area contributed by atoms with Gasteiger partial charge in [-0.2, -0.15) is 0 Å². The van der Waals surface area contributed by atoms with E-state index in [0.717, 1.165) is 0 Å². The molecule has 152 valence electrons. The molecule has 1 nitrogen and oxygen atoms in total. The van der Waals surface area contributed by atoms with E-state index in [9.17, 15) is 0 Å². The van der Waals surface area contributed by atoms with E-state index in [4.69, 9.17) is 4.43 Å². The van der Waals surface area contributed by atoms with Crippen LogP contribution in [0.3, 0.4) is 0 Å². The molecule has 0 amide bonds. The van der Waals surface area contributed by atoms with Crippen LogP contribution in [0.4, 0.5) is 0 Å². The average molecular weight is 371 g/mol. The fraction of sp³-hybridized carbons (Fsp3) is 1.00. The van der Waals surface area contributed by atoms with Crippen LogP contribution in [0, 0.1) is 0 Å². The Kier molecular flexibility index (Phi) is 22.4. The maximum absolute atomic E-state index is 6.15. The first-order valence-electron chi connectivity index (χ1n) is 12.0. The number of rotatable bonds is 21. The fourth-order valence-electron chi connectivity index (χ4n) is 3.56. The molecular weight excluding hydrogens is 320 g/mol. The van der Waals surface area contributed by atoms with E-state index in [1.54, 1.807) is 0 Å². The summed E-state index contributed by atoms with van der Waals surface area (Å²) < 4.78 is 6.15. The molecule has 1 unspecified atom stereocenters. The monoisotopic (exact) mass is 370 g/mol. The minimum atomic E-state index is -0.237. The second-order valence-corrected chi connectivity index (χ2v) is 9.44. The van der Waals surface area contributed by atoms with Crippen molar-refractivity contribution >= 4 is 9.76 Å². The number of unbranched alkanes of at least 4 members (excludes halogenated alkanes) is 14. The minimum Gasteiger partial charge on any atom is -0.421 e. The third-order valence-electron chi connectivity index (χ3n) is 5.44. The molecule has 0 bridgehead atoms. The second-order valence-electron chi connectivity index (χ2n) is 7.99. The zero-order chi connectivity index (χ0) is 18.4. The molecule has 0 aromatic heterocycles. The van der Waals surface area contributed by atoms with Gasteiger partial charge < -0.3 is 4.43 Å². The molecule has 0 saturated heterocycles. The predicted octanol–water partition coefficient (Wildman–Crippen LogP) is 7.96. The van der Waals surface area contributed by atoms with Crippen molar-refractivity contribution in [2.45, 2.75) is 148 Å². The standard InChI is InChI=1S/C23H50OSi/c1-4-7-9-10-11-12-13-14-15-16-17-18-19-20-22-25-24-23(6-3)21-8-5-2/h23H,4-22,25H2,1-3H3. The van der Waals surface area contributed by atoms with Gasteiger partial charge in [-0.3, -0.25) is 0 Å². The molecule has 1 atom stereocenters. The Morgan fingerprint density at radius 3 is 1.44 bits per heavy atom. The molecular formula is C23H50OSi. The highest BCUT2D eigenvalue weighted by molar-refractivity contribution is 6.27. The van der Waals surface area contributed by atoms with E-state index in [2.05, 4.69) is 20.8 Å². The number of hydrogen-bond donors (Lipinski definition) is 0. The van der Waals surface area contributed by atoms with Gasteiger partial charge >= 0.3 is 0 Å². The molecule has 0 aliphatic rings. The smallest absolute Gasteiger partial charge is 0.161 e. The first kappa shape index (κ1) is 25.2. The second kappa shape index (κ2) is 22.2. The highest BCUT2D eigenvalue weighted by Gasteiger charge is 2.05. The van der Waals surface area contributed by atoms with Gasteiger partial charge in [-0.15, -0.1) is 0 Å². The minimum absolute atomic E-state index is 0.237. The summed E-state index contributed by atoms with van der Waals surface area (Å²) in [5, 5.41) is 0. The van der Waals surface area contributed by atoms with E-state index in [1.807, 2.05) is 0 Å². The summed E-state index contributed by atoms with van der Waals surface area (Å²) in [7, 11) is -0.237. The Bertz CT molecular complexity index is 232. The van der Waals surface area contributed by atoms with Gasteiger partial charge in [0.1, 0.15) is 0 Å². The van der Waals surface area contributed by atoms with Gasteiger partial charge in [-0.05, 0) is 18.9 Å². The average Bonchev–Trinajstić information content (AvgIpc) is 2.63. The van der Waals surface area contributed by atoms with Crippen LogP contribution >= 0.6 is 0 Å². The van der Waals surface area contributed by atoms with Crippen LogP contribution in [0.25, 0.3) is 0 Å². The lowest BCUT2D eigenvalue weighted by atomic mass is 10.0. The zero-order valence-electron chi connectivity index (χ0n) is 18.1. The molecule has 0 radical (unpaired) electrons. The molecule has 0 spiro atoms. The molecule has 0 aliphatic heterocycles. The quantitative estimate of drug-likeness (QED) is 0.147. The highest BCUT2D eigenvalue weighted by atomic mass is 28.2. The van der Waals surface area contributed by atoms with Crippen LogP contribution in [-0.4, -0.2) is 15.9 Å².